The van der Waals surface area contributed by atoms with Crippen LogP contribution in [0.4, 0.5) is 0 Å². The molecule has 0 spiro atoms. The van der Waals surface area contributed by atoms with Gasteiger partial charge in [0.2, 0.25) is 15.9 Å². The Bertz CT molecular complexity index is 581. The maximum absolute atomic E-state index is 12.1. The van der Waals surface area contributed by atoms with Crippen molar-refractivity contribution in [2.45, 2.75) is 37.5 Å². The second-order valence-electron chi connectivity index (χ2n) is 5.23. The number of nitrogens with zero attached hydrogens (tertiary/aromatic N) is 1. The van der Waals surface area contributed by atoms with Crippen molar-refractivity contribution in [2.24, 2.45) is 0 Å². The Kier molecular flexibility index (Phi) is 5.36. The fraction of sp³-hybridized carbons (Fsp3) is 0.533. The molecule has 1 fully saturated rings. The fourth-order valence-electron chi connectivity index (χ4n) is 2.40. The summed E-state index contributed by atoms with van der Waals surface area (Å²) in [4.78, 5) is 13.5. The molecule has 116 valence electrons. The minimum absolute atomic E-state index is 0.174. The normalized spacial score (nSPS) is 15.7. The molecule has 1 aliphatic rings. The van der Waals surface area contributed by atoms with Gasteiger partial charge in [0.25, 0.3) is 0 Å². The minimum atomic E-state index is -3.45. The van der Waals surface area contributed by atoms with E-state index >= 15 is 0 Å². The van der Waals surface area contributed by atoms with Crippen LogP contribution >= 0.6 is 0 Å². The quantitative estimate of drug-likeness (QED) is 0.777. The summed E-state index contributed by atoms with van der Waals surface area (Å²) in [5.74, 6) is 0.174. The highest BCUT2D eigenvalue weighted by Crippen LogP contribution is 2.12. The van der Waals surface area contributed by atoms with E-state index in [1.54, 1.807) is 17.0 Å². The third-order valence-corrected chi connectivity index (χ3v) is 5.19. The van der Waals surface area contributed by atoms with Crippen LogP contribution in [0.3, 0.4) is 0 Å². The van der Waals surface area contributed by atoms with Crippen LogP contribution in [0.5, 0.6) is 0 Å². The molecular formula is C15H22N2O3S. The Morgan fingerprint density at radius 2 is 1.95 bits per heavy atom. The lowest BCUT2D eigenvalue weighted by atomic mass is 10.2. The van der Waals surface area contributed by atoms with Crippen molar-refractivity contribution in [1.29, 1.82) is 0 Å². The summed E-state index contributed by atoms with van der Waals surface area (Å²) in [7, 11) is -3.45. The first kappa shape index (κ1) is 16.0. The molecule has 1 N–H and O–H groups in total. The Morgan fingerprint density at radius 3 is 2.52 bits per heavy atom. The maximum Gasteiger partial charge on any atom is 0.240 e. The summed E-state index contributed by atoms with van der Waals surface area (Å²) in [6, 6.07) is 6.92. The lowest BCUT2D eigenvalue weighted by Crippen LogP contribution is -2.30. The van der Waals surface area contributed by atoms with Gasteiger partial charge in [0.15, 0.2) is 0 Å². The number of carbonyl (C=O) groups excluding carboxylic acids is 1. The molecule has 5 nitrogen and oxygen atoms in total. The molecule has 0 unspecified atom stereocenters. The number of carbonyl (C=O) groups is 1. The number of nitrogens with one attached hydrogen (secondary N) is 1. The predicted octanol–water partition coefficient (Wildman–Crippen LogP) is 1.54. The third kappa shape index (κ3) is 4.28. The molecule has 0 aromatic heterocycles. The fourth-order valence-corrected chi connectivity index (χ4v) is 3.48. The van der Waals surface area contributed by atoms with E-state index in [0.717, 1.165) is 24.9 Å². The highest BCUT2D eigenvalue weighted by atomic mass is 32.2. The minimum Gasteiger partial charge on any atom is -0.343 e. The Morgan fingerprint density at radius 1 is 1.24 bits per heavy atom. The third-order valence-electron chi connectivity index (χ3n) is 3.71. The van der Waals surface area contributed by atoms with Crippen LogP contribution in [0, 0.1) is 0 Å². The zero-order chi connectivity index (χ0) is 15.3. The highest BCUT2D eigenvalue weighted by molar-refractivity contribution is 7.89. The van der Waals surface area contributed by atoms with Gasteiger partial charge in [-0.15, -0.1) is 0 Å². The van der Waals surface area contributed by atoms with Gasteiger partial charge in [-0.2, -0.15) is 0 Å². The predicted molar refractivity (Wildman–Crippen MR) is 81.4 cm³/mol. The van der Waals surface area contributed by atoms with Crippen molar-refractivity contribution in [3.8, 4) is 0 Å². The van der Waals surface area contributed by atoms with E-state index in [1.165, 1.54) is 0 Å². The van der Waals surface area contributed by atoms with Gasteiger partial charge in [0, 0.05) is 26.1 Å². The monoisotopic (exact) mass is 310 g/mol. The van der Waals surface area contributed by atoms with Gasteiger partial charge in [-0.1, -0.05) is 19.1 Å². The van der Waals surface area contributed by atoms with Gasteiger partial charge >= 0.3 is 0 Å². The number of aryl methyl sites for hydroxylation is 1. The zero-order valence-electron chi connectivity index (χ0n) is 12.3. The molecule has 0 aliphatic carbocycles. The lowest BCUT2D eigenvalue weighted by molar-refractivity contribution is -0.127. The second-order valence-corrected chi connectivity index (χ2v) is 7.00. The van der Waals surface area contributed by atoms with Crippen molar-refractivity contribution in [3.05, 3.63) is 29.8 Å². The summed E-state index contributed by atoms with van der Waals surface area (Å²) in [6.07, 6.45) is 3.06. The summed E-state index contributed by atoms with van der Waals surface area (Å²) in [5, 5.41) is 0. The number of hydrogen-bond acceptors (Lipinski definition) is 3. The SMILES string of the molecule is CCc1ccc(S(=O)(=O)NCCCN2CCCC2=O)cc1. The van der Waals surface area contributed by atoms with E-state index in [4.69, 9.17) is 0 Å². The topological polar surface area (TPSA) is 66.5 Å². The highest BCUT2D eigenvalue weighted by Gasteiger charge is 2.19. The van der Waals surface area contributed by atoms with Gasteiger partial charge in [0.1, 0.15) is 0 Å². The standard InChI is InChI=1S/C15H22N2O3S/c1-2-13-6-8-14(9-7-13)21(19,20)16-10-4-12-17-11-3-5-15(17)18/h6-9,16H,2-5,10-12H2,1H3. The molecule has 2 rings (SSSR count). The van der Waals surface area contributed by atoms with Crippen LogP contribution in [-0.2, 0) is 21.2 Å². The van der Waals surface area contributed by atoms with Crippen LogP contribution in [0.1, 0.15) is 31.7 Å². The van der Waals surface area contributed by atoms with Crippen molar-refractivity contribution >= 4 is 15.9 Å². The van der Waals surface area contributed by atoms with Gasteiger partial charge in [-0.05, 0) is 37.0 Å². The van der Waals surface area contributed by atoms with Crippen molar-refractivity contribution in [1.82, 2.24) is 9.62 Å². The van der Waals surface area contributed by atoms with Crippen LogP contribution in [-0.4, -0.2) is 38.9 Å². The number of hydrogen-bond donors (Lipinski definition) is 1. The molecule has 0 saturated carbocycles. The molecule has 1 aromatic rings. The molecule has 1 aromatic carbocycles. The van der Waals surface area contributed by atoms with Gasteiger partial charge in [-0.3, -0.25) is 4.79 Å². The van der Waals surface area contributed by atoms with Gasteiger partial charge in [0.05, 0.1) is 4.90 Å². The Hall–Kier alpha value is -1.40. The van der Waals surface area contributed by atoms with E-state index in [2.05, 4.69) is 4.72 Å². The van der Waals surface area contributed by atoms with E-state index in [-0.39, 0.29) is 10.8 Å². The number of benzene rings is 1. The lowest BCUT2D eigenvalue weighted by Gasteiger charge is -2.15. The van der Waals surface area contributed by atoms with Crippen LogP contribution in [0.25, 0.3) is 0 Å². The summed E-state index contributed by atoms with van der Waals surface area (Å²) in [6.45, 7) is 3.79. The van der Waals surface area contributed by atoms with Crippen molar-refractivity contribution < 1.29 is 13.2 Å². The molecular weight excluding hydrogens is 288 g/mol. The summed E-state index contributed by atoms with van der Waals surface area (Å²) in [5.41, 5.74) is 1.11. The Balaban J connectivity index is 1.81. The molecule has 21 heavy (non-hydrogen) atoms. The van der Waals surface area contributed by atoms with Crippen LogP contribution < -0.4 is 4.72 Å². The van der Waals surface area contributed by atoms with E-state index in [9.17, 15) is 13.2 Å². The number of rotatable bonds is 7. The molecule has 1 saturated heterocycles. The molecule has 1 aliphatic heterocycles. The number of likely N-dealkylation sites (tertiary alicyclic amines) is 1. The van der Waals surface area contributed by atoms with Crippen LogP contribution in [0.2, 0.25) is 0 Å². The van der Waals surface area contributed by atoms with E-state index < -0.39 is 10.0 Å². The Labute approximate surface area is 126 Å². The summed E-state index contributed by atoms with van der Waals surface area (Å²) < 4.78 is 26.8. The first-order valence-corrected chi connectivity index (χ1v) is 8.87. The maximum atomic E-state index is 12.1. The van der Waals surface area contributed by atoms with Crippen LogP contribution in [0.15, 0.2) is 29.2 Å². The molecule has 0 bridgehead atoms. The molecule has 6 heteroatoms. The number of amides is 1. The second kappa shape index (κ2) is 7.04. The van der Waals surface area contributed by atoms with Crippen molar-refractivity contribution in [3.63, 3.8) is 0 Å². The average molecular weight is 310 g/mol. The first-order chi connectivity index (χ1) is 10.0. The number of sulfonamides is 1. The smallest absolute Gasteiger partial charge is 0.240 e. The zero-order valence-corrected chi connectivity index (χ0v) is 13.2. The molecule has 1 heterocycles. The van der Waals surface area contributed by atoms with Gasteiger partial charge in [-0.25, -0.2) is 13.1 Å². The molecule has 0 radical (unpaired) electrons. The largest absolute Gasteiger partial charge is 0.343 e. The van der Waals surface area contributed by atoms with E-state index in [0.29, 0.717) is 25.9 Å². The first-order valence-electron chi connectivity index (χ1n) is 7.39. The molecule has 1 amide bonds. The average Bonchev–Trinajstić information content (AvgIpc) is 2.89. The van der Waals surface area contributed by atoms with E-state index in [1.807, 2.05) is 19.1 Å². The van der Waals surface area contributed by atoms with Gasteiger partial charge < -0.3 is 4.90 Å². The molecule has 0 atom stereocenters. The van der Waals surface area contributed by atoms with Crippen molar-refractivity contribution in [2.75, 3.05) is 19.6 Å². The summed E-state index contributed by atoms with van der Waals surface area (Å²) >= 11 is 0.